The molecule has 0 aliphatic rings. The molecule has 1 aromatic heterocycles. The fourth-order valence-corrected chi connectivity index (χ4v) is 3.12. The summed E-state index contributed by atoms with van der Waals surface area (Å²) < 4.78 is 6.44. The minimum atomic E-state index is -0.603. The highest BCUT2D eigenvalue weighted by atomic mass is 79.9. The second-order valence-electron chi connectivity index (χ2n) is 3.87. The Morgan fingerprint density at radius 1 is 1.25 bits per heavy atom. The molecule has 0 fully saturated rings. The van der Waals surface area contributed by atoms with Crippen molar-refractivity contribution in [1.82, 2.24) is 4.98 Å². The number of methoxy groups -OCH3 is 1. The van der Waals surface area contributed by atoms with Gasteiger partial charge in [0.15, 0.2) is 11.5 Å². The van der Waals surface area contributed by atoms with Crippen LogP contribution < -0.4 is 0 Å². The number of halogens is 2. The van der Waals surface area contributed by atoms with Crippen LogP contribution in [0, 0.1) is 0 Å². The van der Waals surface area contributed by atoms with E-state index in [9.17, 15) is 9.59 Å². The number of rotatable bonds is 3. The predicted octanol–water partition coefficient (Wildman–Crippen LogP) is 4.32. The van der Waals surface area contributed by atoms with Crippen molar-refractivity contribution in [1.29, 1.82) is 0 Å². The number of aromatic nitrogens is 1. The number of hydrogen-bond donors (Lipinski definition) is 0. The molecule has 0 unspecified atom stereocenters. The van der Waals surface area contributed by atoms with Gasteiger partial charge in [0.2, 0.25) is 0 Å². The Hall–Kier alpha value is -1.05. The molecule has 0 saturated heterocycles. The number of thiazole rings is 1. The minimum absolute atomic E-state index is 0.0686. The predicted molar refractivity (Wildman–Crippen MR) is 84.3 cm³/mol. The normalized spacial score (nSPS) is 10.4. The van der Waals surface area contributed by atoms with E-state index in [1.807, 2.05) is 18.2 Å². The number of carbonyl (C=O) groups excluding carboxylic acids is 2. The van der Waals surface area contributed by atoms with Gasteiger partial charge in [-0.15, -0.1) is 11.3 Å². The molecule has 0 spiro atoms. The monoisotopic (exact) mass is 417 g/mol. The molecule has 0 N–H and O–H groups in total. The Balaban J connectivity index is 2.55. The fraction of sp³-hybridized carbons (Fsp3) is 0.154. The van der Waals surface area contributed by atoms with Gasteiger partial charge < -0.3 is 4.74 Å². The van der Waals surface area contributed by atoms with Crippen LogP contribution in [0.4, 0.5) is 0 Å². The summed E-state index contributed by atoms with van der Waals surface area (Å²) in [5.41, 5.74) is 0.891. The molecule has 0 amide bonds. The van der Waals surface area contributed by atoms with Gasteiger partial charge in [0.05, 0.1) is 7.11 Å². The number of hydrogen-bond acceptors (Lipinski definition) is 5. The Kier molecular flexibility index (Phi) is 4.72. The number of nitrogens with zero attached hydrogens (tertiary/aromatic N) is 1. The number of Topliss-reactive ketones (excluding diaryl/α,β-unsaturated/α-hetero) is 1. The lowest BCUT2D eigenvalue weighted by Crippen LogP contribution is -2.06. The van der Waals surface area contributed by atoms with Gasteiger partial charge in [-0.2, -0.15) is 0 Å². The summed E-state index contributed by atoms with van der Waals surface area (Å²) in [7, 11) is 1.27. The van der Waals surface area contributed by atoms with E-state index in [2.05, 4.69) is 41.6 Å². The fourth-order valence-electron chi connectivity index (χ4n) is 1.55. The maximum atomic E-state index is 11.7. The molecule has 0 saturated carbocycles. The van der Waals surface area contributed by atoms with Crippen molar-refractivity contribution in [3.05, 3.63) is 37.7 Å². The van der Waals surface area contributed by atoms with Gasteiger partial charge in [-0.25, -0.2) is 9.78 Å². The van der Waals surface area contributed by atoms with E-state index in [-0.39, 0.29) is 11.5 Å². The molecule has 0 atom stereocenters. The highest BCUT2D eigenvalue weighted by Gasteiger charge is 2.22. The van der Waals surface area contributed by atoms with Crippen molar-refractivity contribution >= 4 is 54.9 Å². The Morgan fingerprint density at radius 2 is 1.95 bits per heavy atom. The first kappa shape index (κ1) is 15.3. The van der Waals surface area contributed by atoms with Gasteiger partial charge in [-0.05, 0) is 44.0 Å². The molecule has 1 heterocycles. The highest BCUT2D eigenvalue weighted by Crippen LogP contribution is 2.33. The number of ketones is 1. The quantitative estimate of drug-likeness (QED) is 0.550. The van der Waals surface area contributed by atoms with Crippen LogP contribution in [0.15, 0.2) is 27.1 Å². The second kappa shape index (κ2) is 6.15. The van der Waals surface area contributed by atoms with Crippen molar-refractivity contribution in [2.75, 3.05) is 7.11 Å². The van der Waals surface area contributed by atoms with E-state index >= 15 is 0 Å². The number of carbonyl (C=O) groups is 2. The third-order valence-corrected chi connectivity index (χ3v) is 5.58. The van der Waals surface area contributed by atoms with Crippen molar-refractivity contribution in [2.24, 2.45) is 0 Å². The first-order valence-corrected chi connectivity index (χ1v) is 7.89. The van der Waals surface area contributed by atoms with Gasteiger partial charge in [0.1, 0.15) is 9.88 Å². The molecule has 4 nitrogen and oxygen atoms in total. The summed E-state index contributed by atoms with van der Waals surface area (Å²) in [6.45, 7) is 1.40. The average molecular weight is 419 g/mol. The smallest absolute Gasteiger partial charge is 0.358 e. The van der Waals surface area contributed by atoms with Gasteiger partial charge in [-0.1, -0.05) is 6.07 Å². The molecule has 0 aliphatic heterocycles. The van der Waals surface area contributed by atoms with E-state index in [4.69, 9.17) is 0 Å². The molecular weight excluding hydrogens is 410 g/mol. The molecule has 1 aromatic carbocycles. The summed E-state index contributed by atoms with van der Waals surface area (Å²) in [6, 6.07) is 5.60. The lowest BCUT2D eigenvalue weighted by Gasteiger charge is -1.99. The number of benzene rings is 1. The Labute approximate surface area is 136 Å². The van der Waals surface area contributed by atoms with Crippen LogP contribution in [0.5, 0.6) is 0 Å². The van der Waals surface area contributed by atoms with Crippen molar-refractivity contribution in [3.63, 3.8) is 0 Å². The van der Waals surface area contributed by atoms with E-state index in [1.54, 1.807) is 0 Å². The lowest BCUT2D eigenvalue weighted by atomic mass is 10.2. The molecule has 20 heavy (non-hydrogen) atoms. The Morgan fingerprint density at radius 3 is 2.50 bits per heavy atom. The van der Waals surface area contributed by atoms with E-state index < -0.39 is 5.97 Å². The number of ether oxygens (including phenoxy) is 1. The average Bonchev–Trinajstić information content (AvgIpc) is 2.86. The minimum Gasteiger partial charge on any atom is -0.464 e. The topological polar surface area (TPSA) is 56.3 Å². The van der Waals surface area contributed by atoms with Crippen LogP contribution in [0.2, 0.25) is 0 Å². The molecule has 7 heteroatoms. The summed E-state index contributed by atoms with van der Waals surface area (Å²) in [5.74, 6) is -0.806. The summed E-state index contributed by atoms with van der Waals surface area (Å²) in [6.07, 6.45) is 0. The van der Waals surface area contributed by atoms with Gasteiger partial charge >= 0.3 is 5.97 Å². The zero-order valence-corrected chi connectivity index (χ0v) is 14.6. The maximum Gasteiger partial charge on any atom is 0.358 e. The standard InChI is InChI=1S/C13H9Br2NO3S/c1-6(17)11-10(13(18)19-2)16-12(20-11)7-3-4-8(14)9(15)5-7/h3-5H,1-2H3. The van der Waals surface area contributed by atoms with Crippen LogP contribution in [-0.4, -0.2) is 23.8 Å². The second-order valence-corrected chi connectivity index (χ2v) is 6.58. The van der Waals surface area contributed by atoms with Crippen LogP contribution in [0.25, 0.3) is 10.6 Å². The zero-order valence-electron chi connectivity index (χ0n) is 10.6. The highest BCUT2D eigenvalue weighted by molar-refractivity contribution is 9.13. The first-order chi connectivity index (χ1) is 9.43. The van der Waals surface area contributed by atoms with Crippen LogP contribution in [-0.2, 0) is 4.74 Å². The van der Waals surface area contributed by atoms with Gasteiger partial charge in [-0.3, -0.25) is 4.79 Å². The molecule has 0 radical (unpaired) electrons. The van der Waals surface area contributed by atoms with Crippen LogP contribution in [0.1, 0.15) is 27.1 Å². The largest absolute Gasteiger partial charge is 0.464 e. The van der Waals surface area contributed by atoms with E-state index in [0.717, 1.165) is 14.5 Å². The Bertz CT molecular complexity index is 697. The SMILES string of the molecule is COC(=O)c1nc(-c2ccc(Br)c(Br)c2)sc1C(C)=O. The molecule has 0 bridgehead atoms. The lowest BCUT2D eigenvalue weighted by molar-refractivity contribution is 0.0591. The molecular formula is C13H9Br2NO3S. The maximum absolute atomic E-state index is 11.7. The third-order valence-electron chi connectivity index (χ3n) is 2.49. The molecule has 104 valence electrons. The molecule has 2 aromatic rings. The zero-order chi connectivity index (χ0) is 14.9. The molecule has 2 rings (SSSR count). The summed E-state index contributed by atoms with van der Waals surface area (Å²) in [4.78, 5) is 27.8. The number of esters is 1. The summed E-state index contributed by atoms with van der Waals surface area (Å²) >= 11 is 7.98. The summed E-state index contributed by atoms with van der Waals surface area (Å²) in [5, 5.41) is 0.601. The van der Waals surface area contributed by atoms with E-state index in [0.29, 0.717) is 9.88 Å². The van der Waals surface area contributed by atoms with Crippen molar-refractivity contribution in [2.45, 2.75) is 6.92 Å². The molecule has 0 aliphatic carbocycles. The van der Waals surface area contributed by atoms with Crippen molar-refractivity contribution < 1.29 is 14.3 Å². The van der Waals surface area contributed by atoms with E-state index in [1.165, 1.54) is 25.4 Å². The first-order valence-electron chi connectivity index (χ1n) is 5.49. The van der Waals surface area contributed by atoms with Crippen LogP contribution in [0.3, 0.4) is 0 Å². The van der Waals surface area contributed by atoms with Crippen LogP contribution >= 0.6 is 43.2 Å². The van der Waals surface area contributed by atoms with Gasteiger partial charge in [0.25, 0.3) is 0 Å². The van der Waals surface area contributed by atoms with Crippen molar-refractivity contribution in [3.8, 4) is 10.6 Å². The third kappa shape index (κ3) is 2.99. The van der Waals surface area contributed by atoms with Gasteiger partial charge in [0, 0.05) is 21.4 Å².